The number of sulfone groups is 3. The first-order chi connectivity index (χ1) is 24.5. The van der Waals surface area contributed by atoms with Gasteiger partial charge in [-0.25, -0.2) is 25.3 Å². The Morgan fingerprint density at radius 1 is 0.717 bits per heavy atom. The first-order valence-corrected chi connectivity index (χ1v) is 21.1. The molecule has 0 aromatic heterocycles. The predicted molar refractivity (Wildman–Crippen MR) is 185 cm³/mol. The van der Waals surface area contributed by atoms with Crippen molar-refractivity contribution in [3.05, 3.63) is 72.3 Å². The third-order valence-electron chi connectivity index (χ3n) is 9.10. The summed E-state index contributed by atoms with van der Waals surface area (Å²) >= 11 is 0. The predicted octanol–water partition coefficient (Wildman–Crippen LogP) is 4.80. The lowest BCUT2D eigenvalue weighted by molar-refractivity contribution is -0.0442. The van der Waals surface area contributed by atoms with Crippen LogP contribution in [-0.4, -0.2) is 99.8 Å². The van der Waals surface area contributed by atoms with Gasteiger partial charge in [-0.2, -0.15) is 26.3 Å². The van der Waals surface area contributed by atoms with Crippen LogP contribution in [0.3, 0.4) is 0 Å². The van der Waals surface area contributed by atoms with Gasteiger partial charge in [-0.3, -0.25) is 4.90 Å². The van der Waals surface area contributed by atoms with Crippen LogP contribution in [0.2, 0.25) is 0 Å². The summed E-state index contributed by atoms with van der Waals surface area (Å²) in [4.78, 5) is 3.87. The number of nitrogens with zero attached hydrogens (tertiary/aromatic N) is 3. The third kappa shape index (κ3) is 7.97. The molecule has 1 atom stereocenters. The van der Waals surface area contributed by atoms with E-state index in [9.17, 15) is 51.6 Å². The summed E-state index contributed by atoms with van der Waals surface area (Å²) in [5.41, 5.74) is -11.0. The minimum Gasteiger partial charge on any atom is -0.493 e. The Balaban J connectivity index is 1.60. The number of halogens is 6. The average Bonchev–Trinajstić information content (AvgIpc) is 3.09. The fourth-order valence-electron chi connectivity index (χ4n) is 6.45. The lowest BCUT2D eigenvalue weighted by atomic mass is 9.90. The van der Waals surface area contributed by atoms with Crippen LogP contribution < -0.4 is 19.9 Å². The summed E-state index contributed by atoms with van der Waals surface area (Å²) in [6, 6.07) is 13.1. The fourth-order valence-corrected chi connectivity index (χ4v) is 8.62. The molecule has 11 nitrogen and oxygen atoms in total. The van der Waals surface area contributed by atoms with Crippen molar-refractivity contribution in [3.63, 3.8) is 0 Å². The van der Waals surface area contributed by atoms with Crippen molar-refractivity contribution in [1.82, 2.24) is 10.2 Å². The lowest BCUT2D eigenvalue weighted by Gasteiger charge is -2.57. The number of hydrogen-bond donors (Lipinski definition) is 1. The van der Waals surface area contributed by atoms with E-state index in [4.69, 9.17) is 4.74 Å². The minimum atomic E-state index is -5.64. The zero-order valence-corrected chi connectivity index (χ0v) is 31.2. The Labute approximate surface area is 304 Å². The number of alkyl halides is 6. The SMILES string of the molecule is CC(C)COc1ccc(S(C)(=O)=O)cc1C1(N2CCN(c3ccc(S(=O)(=O)C(F)(F)F)cc3)CC2)CNCCN1c1ccc(S(=O)(=O)C(F)(F)F)cc1. The zero-order valence-electron chi connectivity index (χ0n) is 28.8. The van der Waals surface area contributed by atoms with Gasteiger partial charge < -0.3 is 19.9 Å². The Kier molecular flexibility index (Phi) is 11.2. The third-order valence-corrected chi connectivity index (χ3v) is 13.2. The van der Waals surface area contributed by atoms with E-state index >= 15 is 0 Å². The Morgan fingerprint density at radius 3 is 1.68 bits per heavy atom. The summed E-state index contributed by atoms with van der Waals surface area (Å²) in [7, 11) is -15.0. The fraction of sp³-hybridized carbons (Fsp3) is 0.455. The second-order valence-electron chi connectivity index (χ2n) is 13.1. The molecular formula is C33H38F6N4O7S3. The lowest BCUT2D eigenvalue weighted by Crippen LogP contribution is -2.70. The number of piperazine rings is 2. The maximum absolute atomic E-state index is 13.4. The van der Waals surface area contributed by atoms with E-state index in [0.29, 0.717) is 29.2 Å². The molecule has 1 unspecified atom stereocenters. The maximum Gasteiger partial charge on any atom is 0.501 e. The first kappa shape index (κ1) is 40.6. The van der Waals surface area contributed by atoms with Crippen LogP contribution in [-0.2, 0) is 35.2 Å². The van der Waals surface area contributed by atoms with Crippen LogP contribution >= 0.6 is 0 Å². The minimum absolute atomic E-state index is 0.0200. The zero-order chi connectivity index (χ0) is 39.2. The van der Waals surface area contributed by atoms with Crippen molar-refractivity contribution < 1.29 is 56.3 Å². The molecule has 0 saturated carbocycles. The normalized spacial score (nSPS) is 19.8. The number of rotatable bonds is 10. The number of hydrogen-bond acceptors (Lipinski definition) is 11. The van der Waals surface area contributed by atoms with Gasteiger partial charge in [0, 0.05) is 69.0 Å². The average molecular weight is 813 g/mol. The molecule has 0 bridgehead atoms. The highest BCUT2D eigenvalue weighted by Crippen LogP contribution is 2.44. The highest BCUT2D eigenvalue weighted by molar-refractivity contribution is 7.92. The molecule has 0 radical (unpaired) electrons. The van der Waals surface area contributed by atoms with Crippen LogP contribution in [0.1, 0.15) is 19.4 Å². The quantitative estimate of drug-likeness (QED) is 0.284. The van der Waals surface area contributed by atoms with Crippen molar-refractivity contribution in [3.8, 4) is 5.75 Å². The van der Waals surface area contributed by atoms with E-state index in [-0.39, 0.29) is 56.7 Å². The van der Waals surface area contributed by atoms with E-state index in [1.807, 2.05) is 28.5 Å². The van der Waals surface area contributed by atoms with Crippen LogP contribution in [0.5, 0.6) is 5.75 Å². The number of nitrogens with one attached hydrogen (secondary N) is 1. The van der Waals surface area contributed by atoms with Gasteiger partial charge in [0.25, 0.3) is 19.7 Å². The summed E-state index contributed by atoms with van der Waals surface area (Å²) < 4.78 is 160. The van der Waals surface area contributed by atoms with Crippen LogP contribution in [0, 0.1) is 5.92 Å². The maximum atomic E-state index is 13.4. The topological polar surface area (TPSA) is 133 Å². The number of benzene rings is 3. The molecule has 2 aliphatic heterocycles. The molecule has 3 aromatic carbocycles. The molecule has 1 N–H and O–H groups in total. The van der Waals surface area contributed by atoms with Gasteiger partial charge >= 0.3 is 11.0 Å². The van der Waals surface area contributed by atoms with E-state index in [1.54, 1.807) is 6.07 Å². The molecule has 0 amide bonds. The molecule has 3 aromatic rings. The van der Waals surface area contributed by atoms with Crippen molar-refractivity contribution in [2.45, 2.75) is 45.2 Å². The molecule has 2 saturated heterocycles. The molecule has 2 heterocycles. The number of anilines is 2. The second-order valence-corrected chi connectivity index (χ2v) is 19.0. The summed E-state index contributed by atoms with van der Waals surface area (Å²) in [5, 5.41) is 3.36. The molecular weight excluding hydrogens is 775 g/mol. The van der Waals surface area contributed by atoms with Gasteiger partial charge in [0.2, 0.25) is 0 Å². The molecule has 2 fully saturated rings. The van der Waals surface area contributed by atoms with Gasteiger partial charge in [-0.1, -0.05) is 13.8 Å². The van der Waals surface area contributed by atoms with E-state index in [0.717, 1.165) is 30.5 Å². The molecule has 2 aliphatic rings. The van der Waals surface area contributed by atoms with Crippen LogP contribution in [0.25, 0.3) is 0 Å². The van der Waals surface area contributed by atoms with Gasteiger partial charge in [0.15, 0.2) is 9.84 Å². The Hall–Kier alpha value is -3.59. The first-order valence-electron chi connectivity index (χ1n) is 16.3. The van der Waals surface area contributed by atoms with Crippen LogP contribution in [0.15, 0.2) is 81.4 Å². The van der Waals surface area contributed by atoms with E-state index in [1.165, 1.54) is 36.4 Å². The summed E-state index contributed by atoms with van der Waals surface area (Å²) in [6.07, 6.45) is 1.05. The summed E-state index contributed by atoms with van der Waals surface area (Å²) in [6.45, 7) is 5.97. The molecule has 53 heavy (non-hydrogen) atoms. The number of ether oxygens (including phenoxy) is 1. The molecule has 20 heteroatoms. The summed E-state index contributed by atoms with van der Waals surface area (Å²) in [5.74, 6) is 0.415. The molecule has 5 rings (SSSR count). The van der Waals surface area contributed by atoms with Crippen molar-refractivity contribution in [1.29, 1.82) is 0 Å². The van der Waals surface area contributed by atoms with Gasteiger partial charge in [0.1, 0.15) is 11.4 Å². The van der Waals surface area contributed by atoms with Crippen molar-refractivity contribution in [2.24, 2.45) is 5.92 Å². The van der Waals surface area contributed by atoms with E-state index < -0.39 is 56.0 Å². The highest BCUT2D eigenvalue weighted by Gasteiger charge is 2.50. The van der Waals surface area contributed by atoms with Gasteiger partial charge in [0.05, 0.1) is 21.3 Å². The van der Waals surface area contributed by atoms with Crippen LogP contribution in [0.4, 0.5) is 37.7 Å². The monoisotopic (exact) mass is 812 g/mol. The van der Waals surface area contributed by atoms with E-state index in [2.05, 4.69) is 5.32 Å². The molecule has 0 spiro atoms. The highest BCUT2D eigenvalue weighted by atomic mass is 32.2. The Bertz CT molecular complexity index is 2120. The molecule has 0 aliphatic carbocycles. The Morgan fingerprint density at radius 2 is 1.21 bits per heavy atom. The smallest absolute Gasteiger partial charge is 0.493 e. The van der Waals surface area contributed by atoms with Gasteiger partial charge in [-0.05, 0) is 72.6 Å². The van der Waals surface area contributed by atoms with Crippen molar-refractivity contribution in [2.75, 3.05) is 68.5 Å². The van der Waals surface area contributed by atoms with Gasteiger partial charge in [-0.15, -0.1) is 0 Å². The second kappa shape index (κ2) is 14.6. The van der Waals surface area contributed by atoms with Crippen molar-refractivity contribution >= 4 is 40.9 Å². The molecule has 292 valence electrons. The standard InChI is InChI=1S/C33H38F6N4O7S3/c1-23(2)21-50-30-13-12-28(51(3,44)45)20-29(30)31(22-40-14-15-43(31)25-6-10-27(11-7-25)53(48,49)33(37,38)39)42-18-16-41(17-19-42)24-4-8-26(9-5-24)52(46,47)32(34,35)36/h4-13,20,23,40H,14-19,21-22H2,1-3H3. The largest absolute Gasteiger partial charge is 0.501 e.